The predicted molar refractivity (Wildman–Crippen MR) is 56.6 cm³/mol. The van der Waals surface area contributed by atoms with Gasteiger partial charge in [0.2, 0.25) is 0 Å². The minimum absolute atomic E-state index is 0.119. The highest BCUT2D eigenvalue weighted by molar-refractivity contribution is 7.81. The van der Waals surface area contributed by atoms with E-state index in [1.54, 1.807) is 0 Å². The number of likely N-dealkylation sites (tertiary alicyclic amines) is 1. The first-order valence-electron chi connectivity index (χ1n) is 5.06. The lowest BCUT2D eigenvalue weighted by atomic mass is 10.2. The van der Waals surface area contributed by atoms with Crippen molar-refractivity contribution < 1.29 is 9.53 Å². The monoisotopic (exact) mass is 216 g/mol. The first kappa shape index (κ1) is 10.3. The van der Waals surface area contributed by atoms with Gasteiger partial charge in [0.15, 0.2) is 0 Å². The average molecular weight is 216 g/mol. The molecule has 0 aromatic heterocycles. The maximum absolute atomic E-state index is 11.9. The van der Waals surface area contributed by atoms with Crippen molar-refractivity contribution in [1.29, 1.82) is 0 Å². The Labute approximate surface area is 89.4 Å². The molecule has 0 aliphatic carbocycles. The van der Waals surface area contributed by atoms with Crippen molar-refractivity contribution in [2.75, 3.05) is 32.8 Å². The largest absolute Gasteiger partial charge is 0.366 e. The fourth-order valence-corrected chi connectivity index (χ4v) is 2.18. The Morgan fingerprint density at radius 1 is 1.57 bits per heavy atom. The standard InChI is InChI=1S/C9H16N2O2S/c12-9(8-5-10-2-4-13-8)11-3-1-7(14)6-11/h7-8,10,14H,1-6H2. The quantitative estimate of drug-likeness (QED) is 0.581. The Kier molecular flexibility index (Phi) is 3.30. The third kappa shape index (κ3) is 2.21. The number of carbonyl (C=O) groups is 1. The van der Waals surface area contributed by atoms with Crippen LogP contribution >= 0.6 is 12.6 Å². The van der Waals surface area contributed by atoms with E-state index < -0.39 is 0 Å². The molecule has 2 aliphatic rings. The van der Waals surface area contributed by atoms with Gasteiger partial charge in [-0.3, -0.25) is 4.79 Å². The number of hydrogen-bond donors (Lipinski definition) is 2. The zero-order valence-electron chi connectivity index (χ0n) is 8.11. The molecule has 0 saturated carbocycles. The number of rotatable bonds is 1. The van der Waals surface area contributed by atoms with E-state index in [1.807, 2.05) is 4.90 Å². The van der Waals surface area contributed by atoms with Crippen LogP contribution in [0.25, 0.3) is 0 Å². The molecule has 2 unspecified atom stereocenters. The van der Waals surface area contributed by atoms with Crippen molar-refractivity contribution in [2.24, 2.45) is 0 Å². The second-order valence-corrected chi connectivity index (χ2v) is 4.52. The van der Waals surface area contributed by atoms with E-state index in [9.17, 15) is 4.79 Å². The van der Waals surface area contributed by atoms with Crippen LogP contribution < -0.4 is 5.32 Å². The van der Waals surface area contributed by atoms with Gasteiger partial charge in [-0.25, -0.2) is 0 Å². The third-order valence-corrected chi connectivity index (χ3v) is 3.10. The van der Waals surface area contributed by atoms with E-state index in [0.29, 0.717) is 18.4 Å². The van der Waals surface area contributed by atoms with Gasteiger partial charge in [-0.15, -0.1) is 0 Å². The van der Waals surface area contributed by atoms with E-state index in [4.69, 9.17) is 4.74 Å². The number of ether oxygens (including phenoxy) is 1. The van der Waals surface area contributed by atoms with Crippen molar-refractivity contribution in [3.05, 3.63) is 0 Å². The van der Waals surface area contributed by atoms with Gasteiger partial charge in [0.05, 0.1) is 6.61 Å². The zero-order valence-corrected chi connectivity index (χ0v) is 9.00. The number of nitrogens with one attached hydrogen (secondary N) is 1. The number of hydrogen-bond acceptors (Lipinski definition) is 4. The molecule has 4 nitrogen and oxygen atoms in total. The highest BCUT2D eigenvalue weighted by atomic mass is 32.1. The second-order valence-electron chi connectivity index (χ2n) is 3.79. The zero-order chi connectivity index (χ0) is 9.97. The smallest absolute Gasteiger partial charge is 0.253 e. The van der Waals surface area contributed by atoms with E-state index in [0.717, 1.165) is 26.1 Å². The van der Waals surface area contributed by atoms with Crippen LogP contribution in [0.2, 0.25) is 0 Å². The summed E-state index contributed by atoms with van der Waals surface area (Å²) in [5, 5.41) is 3.50. The van der Waals surface area contributed by atoms with Crippen LogP contribution in [0.3, 0.4) is 0 Å². The van der Waals surface area contributed by atoms with Crippen molar-refractivity contribution in [1.82, 2.24) is 10.2 Å². The minimum Gasteiger partial charge on any atom is -0.366 e. The SMILES string of the molecule is O=C(C1CNCCO1)N1CCC(S)C1. The maximum atomic E-state index is 11.9. The lowest BCUT2D eigenvalue weighted by Gasteiger charge is -2.26. The summed E-state index contributed by atoms with van der Waals surface area (Å²) in [4.78, 5) is 13.7. The molecule has 0 aromatic carbocycles. The van der Waals surface area contributed by atoms with Crippen molar-refractivity contribution in [3.63, 3.8) is 0 Å². The number of morpholine rings is 1. The Bertz CT molecular complexity index is 212. The highest BCUT2D eigenvalue weighted by Crippen LogP contribution is 2.16. The summed E-state index contributed by atoms with van der Waals surface area (Å²) in [5.74, 6) is 0.119. The molecule has 0 radical (unpaired) electrons. The average Bonchev–Trinajstić information content (AvgIpc) is 2.65. The van der Waals surface area contributed by atoms with Gasteiger partial charge in [0.25, 0.3) is 5.91 Å². The lowest BCUT2D eigenvalue weighted by molar-refractivity contribution is -0.144. The van der Waals surface area contributed by atoms with Gasteiger partial charge in [-0.1, -0.05) is 0 Å². The molecule has 14 heavy (non-hydrogen) atoms. The number of nitrogens with zero attached hydrogens (tertiary/aromatic N) is 1. The van der Waals surface area contributed by atoms with E-state index in [-0.39, 0.29) is 12.0 Å². The summed E-state index contributed by atoms with van der Waals surface area (Å²) >= 11 is 4.36. The van der Waals surface area contributed by atoms with Crippen LogP contribution in [0.1, 0.15) is 6.42 Å². The Balaban J connectivity index is 1.87. The molecule has 1 amide bonds. The van der Waals surface area contributed by atoms with Crippen LogP contribution in [0.4, 0.5) is 0 Å². The lowest BCUT2D eigenvalue weighted by Crippen LogP contribution is -2.48. The molecule has 2 aliphatic heterocycles. The molecule has 2 heterocycles. The molecule has 2 saturated heterocycles. The summed E-state index contributed by atoms with van der Waals surface area (Å²) in [6, 6.07) is 0. The number of thiol groups is 1. The van der Waals surface area contributed by atoms with Gasteiger partial charge in [0, 0.05) is 31.4 Å². The predicted octanol–water partition coefficient (Wildman–Crippen LogP) is -0.495. The van der Waals surface area contributed by atoms with Crippen molar-refractivity contribution in [2.45, 2.75) is 17.8 Å². The molecule has 80 valence electrons. The molecule has 2 atom stereocenters. The summed E-state index contributed by atoms with van der Waals surface area (Å²) in [6.45, 7) is 3.72. The molecule has 0 aromatic rings. The molecule has 2 rings (SSSR count). The summed E-state index contributed by atoms with van der Waals surface area (Å²) in [7, 11) is 0. The van der Waals surface area contributed by atoms with Gasteiger partial charge >= 0.3 is 0 Å². The topological polar surface area (TPSA) is 41.6 Å². The van der Waals surface area contributed by atoms with Crippen LogP contribution in [0.5, 0.6) is 0 Å². The van der Waals surface area contributed by atoms with E-state index in [1.165, 1.54) is 0 Å². The van der Waals surface area contributed by atoms with Crippen LogP contribution in [0, 0.1) is 0 Å². The molecule has 0 spiro atoms. The van der Waals surface area contributed by atoms with E-state index >= 15 is 0 Å². The number of amides is 1. The van der Waals surface area contributed by atoms with Crippen LogP contribution in [0.15, 0.2) is 0 Å². The molecule has 5 heteroatoms. The van der Waals surface area contributed by atoms with Crippen LogP contribution in [-0.2, 0) is 9.53 Å². The number of carbonyl (C=O) groups excluding carboxylic acids is 1. The Morgan fingerprint density at radius 2 is 2.43 bits per heavy atom. The van der Waals surface area contributed by atoms with Crippen LogP contribution in [-0.4, -0.2) is 54.9 Å². The first-order chi connectivity index (χ1) is 6.77. The first-order valence-corrected chi connectivity index (χ1v) is 5.58. The molecule has 2 fully saturated rings. The van der Waals surface area contributed by atoms with Gasteiger partial charge in [0.1, 0.15) is 6.10 Å². The maximum Gasteiger partial charge on any atom is 0.253 e. The molecular weight excluding hydrogens is 200 g/mol. The summed E-state index contributed by atoms with van der Waals surface area (Å²) in [6.07, 6.45) is 0.719. The molecular formula is C9H16N2O2S. The van der Waals surface area contributed by atoms with Gasteiger partial charge in [-0.2, -0.15) is 12.6 Å². The Morgan fingerprint density at radius 3 is 3.00 bits per heavy atom. The highest BCUT2D eigenvalue weighted by Gasteiger charge is 2.30. The fraction of sp³-hybridized carbons (Fsp3) is 0.889. The van der Waals surface area contributed by atoms with Gasteiger partial charge < -0.3 is 15.0 Å². The molecule has 1 N–H and O–H groups in total. The summed E-state index contributed by atoms with van der Waals surface area (Å²) in [5.41, 5.74) is 0. The summed E-state index contributed by atoms with van der Waals surface area (Å²) < 4.78 is 5.41. The Hall–Kier alpha value is -0.260. The van der Waals surface area contributed by atoms with Gasteiger partial charge in [-0.05, 0) is 6.42 Å². The normalized spacial score (nSPS) is 33.4. The second kappa shape index (κ2) is 4.51. The third-order valence-electron chi connectivity index (χ3n) is 2.68. The van der Waals surface area contributed by atoms with Crippen molar-refractivity contribution >= 4 is 18.5 Å². The van der Waals surface area contributed by atoms with E-state index in [2.05, 4.69) is 17.9 Å². The van der Waals surface area contributed by atoms with Crippen molar-refractivity contribution in [3.8, 4) is 0 Å². The fourth-order valence-electron chi connectivity index (χ4n) is 1.87. The minimum atomic E-state index is -0.276. The molecule has 0 bridgehead atoms.